The van der Waals surface area contributed by atoms with Crippen LogP contribution >= 0.6 is 0 Å². The quantitative estimate of drug-likeness (QED) is 0.772. The number of aliphatic carboxylic acids is 1. The summed E-state index contributed by atoms with van der Waals surface area (Å²) in [5, 5.41) is 8.14. The lowest BCUT2D eigenvalue weighted by Gasteiger charge is -2.27. The summed E-state index contributed by atoms with van der Waals surface area (Å²) < 4.78 is 0. The average Bonchev–Trinajstić information content (AvgIpc) is 2.14. The predicted octanol–water partition coefficient (Wildman–Crippen LogP) is 3.97. The molecule has 3 heteroatoms. The molecule has 0 radical (unpaired) electrons. The first kappa shape index (κ1) is 16.9. The summed E-state index contributed by atoms with van der Waals surface area (Å²) in [6.45, 7) is 8.36. The van der Waals surface area contributed by atoms with E-state index >= 15 is 0 Å². The van der Waals surface area contributed by atoms with Gasteiger partial charge in [-0.3, -0.25) is 9.59 Å². The SMILES string of the molecule is CC1=CC(=O)CC(C)(C)C1.CCCCCC(=O)O. The molecule has 0 aromatic heterocycles. The number of allylic oxidation sites excluding steroid dienone is 2. The van der Waals surface area contributed by atoms with Crippen LogP contribution in [0.3, 0.4) is 0 Å². The molecule has 0 spiro atoms. The third-order valence-corrected chi connectivity index (χ3v) is 2.81. The van der Waals surface area contributed by atoms with Crippen molar-refractivity contribution in [1.82, 2.24) is 0 Å². The summed E-state index contributed by atoms with van der Waals surface area (Å²) in [4.78, 5) is 20.9. The molecule has 18 heavy (non-hydrogen) atoms. The molecule has 1 rings (SSSR count). The second-order valence-corrected chi connectivity index (χ2v) is 5.83. The lowest BCUT2D eigenvalue weighted by atomic mass is 9.77. The third-order valence-electron chi connectivity index (χ3n) is 2.81. The van der Waals surface area contributed by atoms with Crippen molar-refractivity contribution in [1.29, 1.82) is 0 Å². The number of carbonyl (C=O) groups is 2. The molecule has 0 heterocycles. The predicted molar refractivity (Wildman–Crippen MR) is 73.6 cm³/mol. The number of carboxylic acid groups (broad SMARTS) is 1. The van der Waals surface area contributed by atoms with E-state index in [1.54, 1.807) is 6.08 Å². The minimum atomic E-state index is -0.682. The molecule has 0 unspecified atom stereocenters. The van der Waals surface area contributed by atoms with Crippen LogP contribution in [0.2, 0.25) is 0 Å². The second kappa shape index (κ2) is 8.06. The smallest absolute Gasteiger partial charge is 0.303 e. The summed E-state index contributed by atoms with van der Waals surface area (Å²) in [7, 11) is 0. The Morgan fingerprint density at radius 3 is 2.33 bits per heavy atom. The zero-order valence-corrected chi connectivity index (χ0v) is 12.1. The van der Waals surface area contributed by atoms with E-state index in [1.807, 2.05) is 6.92 Å². The lowest BCUT2D eigenvalue weighted by Crippen LogP contribution is -2.20. The van der Waals surface area contributed by atoms with Gasteiger partial charge in [0.15, 0.2) is 5.78 Å². The number of carbonyl (C=O) groups excluding carboxylic acids is 1. The highest BCUT2D eigenvalue weighted by Gasteiger charge is 2.25. The molecule has 0 atom stereocenters. The highest BCUT2D eigenvalue weighted by molar-refractivity contribution is 5.91. The van der Waals surface area contributed by atoms with E-state index in [1.165, 1.54) is 5.57 Å². The lowest BCUT2D eigenvalue weighted by molar-refractivity contribution is -0.137. The molecule has 104 valence electrons. The molecule has 0 bridgehead atoms. The van der Waals surface area contributed by atoms with Crippen molar-refractivity contribution >= 4 is 11.8 Å². The molecule has 0 fully saturated rings. The molecule has 0 saturated heterocycles. The molecular weight excluding hydrogens is 228 g/mol. The van der Waals surface area contributed by atoms with Gasteiger partial charge >= 0.3 is 5.97 Å². The number of rotatable bonds is 4. The molecule has 0 amide bonds. The molecule has 0 aromatic carbocycles. The largest absolute Gasteiger partial charge is 0.481 e. The van der Waals surface area contributed by atoms with Gasteiger partial charge in [-0.1, -0.05) is 39.2 Å². The Kier molecular flexibility index (Phi) is 7.56. The molecule has 3 nitrogen and oxygen atoms in total. The van der Waals surface area contributed by atoms with Crippen molar-refractivity contribution < 1.29 is 14.7 Å². The molecule has 0 saturated carbocycles. The maximum absolute atomic E-state index is 11.0. The van der Waals surface area contributed by atoms with E-state index in [4.69, 9.17) is 5.11 Å². The van der Waals surface area contributed by atoms with Crippen molar-refractivity contribution in [2.45, 2.75) is 66.2 Å². The first-order chi connectivity index (χ1) is 8.26. The van der Waals surface area contributed by atoms with E-state index < -0.39 is 5.97 Å². The van der Waals surface area contributed by atoms with Crippen molar-refractivity contribution in [2.75, 3.05) is 0 Å². The zero-order chi connectivity index (χ0) is 14.2. The van der Waals surface area contributed by atoms with E-state index in [2.05, 4.69) is 20.8 Å². The van der Waals surface area contributed by atoms with Crippen LogP contribution in [-0.2, 0) is 9.59 Å². The molecule has 0 aliphatic heterocycles. The highest BCUT2D eigenvalue weighted by atomic mass is 16.4. The fourth-order valence-corrected chi connectivity index (χ4v) is 2.19. The molecule has 1 N–H and O–H groups in total. The van der Waals surface area contributed by atoms with Gasteiger partial charge in [0.25, 0.3) is 0 Å². The van der Waals surface area contributed by atoms with Crippen LogP contribution in [0, 0.1) is 5.41 Å². The van der Waals surface area contributed by atoms with Crippen LogP contribution in [0.15, 0.2) is 11.6 Å². The van der Waals surface area contributed by atoms with Gasteiger partial charge in [-0.05, 0) is 31.3 Å². The van der Waals surface area contributed by atoms with Crippen molar-refractivity contribution in [3.05, 3.63) is 11.6 Å². The van der Waals surface area contributed by atoms with Crippen molar-refractivity contribution in [3.63, 3.8) is 0 Å². The Hall–Kier alpha value is -1.12. The standard InChI is InChI=1S/C9H14O.C6H12O2/c1-7-4-8(10)6-9(2,3)5-7;1-2-3-4-5-6(7)8/h4H,5-6H2,1-3H3;2-5H2,1H3,(H,7,8). The summed E-state index contributed by atoms with van der Waals surface area (Å²) in [5.41, 5.74) is 1.43. The van der Waals surface area contributed by atoms with Crippen LogP contribution in [-0.4, -0.2) is 16.9 Å². The van der Waals surface area contributed by atoms with Gasteiger partial charge in [0.05, 0.1) is 0 Å². The van der Waals surface area contributed by atoms with Crippen LogP contribution in [0.1, 0.15) is 66.2 Å². The summed E-state index contributed by atoms with van der Waals surface area (Å²) in [6.07, 6.45) is 6.83. The minimum absolute atomic E-state index is 0.204. The number of unbranched alkanes of at least 4 members (excludes halogenated alkanes) is 2. The minimum Gasteiger partial charge on any atom is -0.481 e. The normalized spacial score (nSPS) is 17.6. The fraction of sp³-hybridized carbons (Fsp3) is 0.733. The Bertz CT molecular complexity index is 314. The average molecular weight is 254 g/mol. The fourth-order valence-electron chi connectivity index (χ4n) is 2.19. The van der Waals surface area contributed by atoms with E-state index in [0.29, 0.717) is 12.8 Å². The first-order valence-electron chi connectivity index (χ1n) is 6.68. The van der Waals surface area contributed by atoms with Gasteiger partial charge in [-0.25, -0.2) is 0 Å². The van der Waals surface area contributed by atoms with Gasteiger partial charge in [0.2, 0.25) is 0 Å². The second-order valence-electron chi connectivity index (χ2n) is 5.83. The molecular formula is C15H26O3. The third kappa shape index (κ3) is 8.97. The van der Waals surface area contributed by atoms with Gasteiger partial charge in [-0.15, -0.1) is 0 Å². The summed E-state index contributed by atoms with van der Waals surface area (Å²) in [5.74, 6) is -0.396. The number of ketones is 1. The molecule has 1 aliphatic rings. The van der Waals surface area contributed by atoms with Gasteiger partial charge in [-0.2, -0.15) is 0 Å². The highest BCUT2D eigenvalue weighted by Crippen LogP contribution is 2.32. The van der Waals surface area contributed by atoms with Crippen molar-refractivity contribution in [3.8, 4) is 0 Å². The first-order valence-corrected chi connectivity index (χ1v) is 6.68. The van der Waals surface area contributed by atoms with Crippen LogP contribution in [0.5, 0.6) is 0 Å². The Labute approximate surface area is 110 Å². The van der Waals surface area contributed by atoms with Crippen LogP contribution in [0.4, 0.5) is 0 Å². The van der Waals surface area contributed by atoms with E-state index in [0.717, 1.165) is 25.7 Å². The van der Waals surface area contributed by atoms with Gasteiger partial charge in [0.1, 0.15) is 0 Å². The Balaban J connectivity index is 0.000000331. The Morgan fingerprint density at radius 1 is 1.33 bits per heavy atom. The van der Waals surface area contributed by atoms with E-state index in [-0.39, 0.29) is 11.2 Å². The monoisotopic (exact) mass is 254 g/mol. The van der Waals surface area contributed by atoms with Gasteiger partial charge in [0, 0.05) is 12.8 Å². The van der Waals surface area contributed by atoms with Gasteiger partial charge < -0.3 is 5.11 Å². The zero-order valence-electron chi connectivity index (χ0n) is 12.1. The topological polar surface area (TPSA) is 54.4 Å². The Morgan fingerprint density at radius 2 is 1.94 bits per heavy atom. The maximum Gasteiger partial charge on any atom is 0.303 e. The number of hydrogen-bond donors (Lipinski definition) is 1. The summed E-state index contributed by atoms with van der Waals surface area (Å²) >= 11 is 0. The maximum atomic E-state index is 11.0. The summed E-state index contributed by atoms with van der Waals surface area (Å²) in [6, 6.07) is 0. The number of hydrogen-bond acceptors (Lipinski definition) is 2. The number of carboxylic acids is 1. The van der Waals surface area contributed by atoms with Crippen LogP contribution < -0.4 is 0 Å². The van der Waals surface area contributed by atoms with Crippen molar-refractivity contribution in [2.24, 2.45) is 5.41 Å². The molecule has 0 aromatic rings. The molecule has 1 aliphatic carbocycles. The van der Waals surface area contributed by atoms with E-state index in [9.17, 15) is 9.59 Å². The van der Waals surface area contributed by atoms with Crippen LogP contribution in [0.25, 0.3) is 0 Å².